The molecule has 1 saturated heterocycles. The number of carbonyl (C=O) groups excluding carboxylic acids is 1. The second-order valence-corrected chi connectivity index (χ2v) is 7.12. The molecule has 1 aliphatic heterocycles. The number of ether oxygens (including phenoxy) is 3. The Balaban J connectivity index is 1.67. The maximum atomic E-state index is 11.6. The van der Waals surface area contributed by atoms with Crippen molar-refractivity contribution >= 4 is 17.3 Å². The quantitative estimate of drug-likeness (QED) is 0.722. The van der Waals surface area contributed by atoms with Gasteiger partial charge in [-0.3, -0.25) is 9.69 Å². The van der Waals surface area contributed by atoms with Crippen LogP contribution >= 0.6 is 11.3 Å². The zero-order valence-electron chi connectivity index (χ0n) is 15.4. The van der Waals surface area contributed by atoms with Crippen LogP contribution in [0.4, 0.5) is 0 Å². The van der Waals surface area contributed by atoms with Gasteiger partial charge in [0.25, 0.3) is 0 Å². The Morgan fingerprint density at radius 3 is 2.65 bits per heavy atom. The molecule has 0 saturated carbocycles. The lowest BCUT2D eigenvalue weighted by molar-refractivity contribution is -0.147. The number of para-hydroxylation sites is 1. The molecule has 0 amide bonds. The van der Waals surface area contributed by atoms with E-state index in [0.717, 1.165) is 48.7 Å². The second-order valence-electron chi connectivity index (χ2n) is 6.26. The Morgan fingerprint density at radius 1 is 1.23 bits per heavy atom. The summed E-state index contributed by atoms with van der Waals surface area (Å²) < 4.78 is 15.7. The average molecular weight is 376 g/mol. The monoisotopic (exact) mass is 376 g/mol. The molecule has 0 unspecified atom stereocenters. The van der Waals surface area contributed by atoms with E-state index in [1.165, 1.54) is 7.11 Å². The Bertz CT molecular complexity index is 754. The first kappa shape index (κ1) is 18.7. The Hall–Kier alpha value is -2.12. The third-order valence-corrected chi connectivity index (χ3v) is 5.62. The van der Waals surface area contributed by atoms with Crippen molar-refractivity contribution in [2.75, 3.05) is 34.4 Å². The van der Waals surface area contributed by atoms with Crippen LogP contribution in [0.3, 0.4) is 0 Å². The van der Waals surface area contributed by atoms with Crippen LogP contribution in [-0.2, 0) is 16.1 Å². The number of methoxy groups -OCH3 is 3. The molecule has 0 radical (unpaired) electrons. The van der Waals surface area contributed by atoms with Gasteiger partial charge in [0.05, 0.1) is 38.5 Å². The van der Waals surface area contributed by atoms with Gasteiger partial charge in [-0.1, -0.05) is 6.07 Å². The normalized spacial score (nSPS) is 15.7. The molecule has 0 spiro atoms. The largest absolute Gasteiger partial charge is 0.493 e. The zero-order chi connectivity index (χ0) is 18.5. The molecule has 3 rings (SSSR count). The predicted molar refractivity (Wildman–Crippen MR) is 101 cm³/mol. The topological polar surface area (TPSA) is 60.9 Å². The zero-order valence-corrected chi connectivity index (χ0v) is 16.2. The summed E-state index contributed by atoms with van der Waals surface area (Å²) in [5.74, 6) is 1.34. The summed E-state index contributed by atoms with van der Waals surface area (Å²) in [5.41, 5.74) is 1.97. The fraction of sp³-hybridized carbons (Fsp3) is 0.474. The number of hydrogen-bond donors (Lipinski definition) is 0. The molecule has 0 N–H and O–H groups in total. The van der Waals surface area contributed by atoms with Gasteiger partial charge >= 0.3 is 5.97 Å². The smallest absolute Gasteiger partial charge is 0.308 e. The molecule has 6 nitrogen and oxygen atoms in total. The van der Waals surface area contributed by atoms with Gasteiger partial charge in [0.15, 0.2) is 11.5 Å². The molecule has 1 aromatic heterocycles. The second kappa shape index (κ2) is 8.51. The maximum absolute atomic E-state index is 11.6. The number of thiazole rings is 1. The number of likely N-dealkylation sites (tertiary alicyclic amines) is 1. The highest BCUT2D eigenvalue weighted by Crippen LogP contribution is 2.39. The molecule has 1 fully saturated rings. The highest BCUT2D eigenvalue weighted by Gasteiger charge is 2.26. The number of nitrogens with zero attached hydrogens (tertiary/aromatic N) is 2. The first-order valence-electron chi connectivity index (χ1n) is 8.62. The summed E-state index contributed by atoms with van der Waals surface area (Å²) in [4.78, 5) is 18.7. The fourth-order valence-corrected chi connectivity index (χ4v) is 4.11. The van der Waals surface area contributed by atoms with Crippen molar-refractivity contribution in [3.8, 4) is 22.1 Å². The summed E-state index contributed by atoms with van der Waals surface area (Å²) >= 11 is 1.60. The lowest BCUT2D eigenvalue weighted by Gasteiger charge is -2.29. The van der Waals surface area contributed by atoms with Crippen LogP contribution < -0.4 is 9.47 Å². The predicted octanol–water partition coefficient (Wildman–Crippen LogP) is 3.21. The summed E-state index contributed by atoms with van der Waals surface area (Å²) in [6.45, 7) is 2.56. The number of aromatic nitrogens is 1. The molecule has 2 heterocycles. The molecular weight excluding hydrogens is 352 g/mol. The van der Waals surface area contributed by atoms with Crippen LogP contribution in [-0.4, -0.2) is 50.3 Å². The molecule has 7 heteroatoms. The van der Waals surface area contributed by atoms with Crippen molar-refractivity contribution < 1.29 is 19.0 Å². The minimum Gasteiger partial charge on any atom is -0.493 e. The lowest BCUT2D eigenvalue weighted by atomic mass is 9.97. The Morgan fingerprint density at radius 2 is 2.00 bits per heavy atom. The summed E-state index contributed by atoms with van der Waals surface area (Å²) in [6, 6.07) is 5.81. The molecule has 0 aliphatic carbocycles. The molecule has 1 aliphatic rings. The van der Waals surface area contributed by atoms with Crippen molar-refractivity contribution in [3.63, 3.8) is 0 Å². The van der Waals surface area contributed by atoms with Gasteiger partial charge in [0.2, 0.25) is 0 Å². The highest BCUT2D eigenvalue weighted by atomic mass is 32.1. The summed E-state index contributed by atoms with van der Waals surface area (Å²) in [7, 11) is 4.73. The number of hydrogen-bond acceptors (Lipinski definition) is 7. The molecule has 0 atom stereocenters. The number of carbonyl (C=O) groups is 1. The molecule has 2 aromatic rings. The summed E-state index contributed by atoms with van der Waals surface area (Å²) in [5, 5.41) is 3.00. The van der Waals surface area contributed by atoms with Crippen LogP contribution in [0, 0.1) is 5.92 Å². The molecule has 0 bridgehead atoms. The van der Waals surface area contributed by atoms with Crippen molar-refractivity contribution in [1.29, 1.82) is 0 Å². The van der Waals surface area contributed by atoms with E-state index in [9.17, 15) is 4.79 Å². The van der Waals surface area contributed by atoms with E-state index in [1.807, 2.05) is 18.2 Å². The van der Waals surface area contributed by atoms with Crippen molar-refractivity contribution in [1.82, 2.24) is 9.88 Å². The van der Waals surface area contributed by atoms with Gasteiger partial charge in [0, 0.05) is 11.9 Å². The Labute approximate surface area is 157 Å². The number of esters is 1. The van der Waals surface area contributed by atoms with Gasteiger partial charge in [-0.25, -0.2) is 4.98 Å². The van der Waals surface area contributed by atoms with Gasteiger partial charge in [-0.05, 0) is 38.1 Å². The highest BCUT2D eigenvalue weighted by molar-refractivity contribution is 7.13. The Kier molecular flexibility index (Phi) is 6.11. The number of benzene rings is 1. The van der Waals surface area contributed by atoms with Gasteiger partial charge in [-0.15, -0.1) is 11.3 Å². The van der Waals surface area contributed by atoms with Crippen molar-refractivity contribution in [2.45, 2.75) is 19.4 Å². The van der Waals surface area contributed by atoms with Crippen LogP contribution in [0.5, 0.6) is 11.5 Å². The van der Waals surface area contributed by atoms with E-state index in [0.29, 0.717) is 11.5 Å². The van der Waals surface area contributed by atoms with E-state index in [2.05, 4.69) is 10.3 Å². The molecule has 140 valence electrons. The first-order valence-corrected chi connectivity index (χ1v) is 9.50. The van der Waals surface area contributed by atoms with Gasteiger partial charge in [0.1, 0.15) is 5.01 Å². The lowest BCUT2D eigenvalue weighted by Crippen LogP contribution is -2.36. The van der Waals surface area contributed by atoms with Gasteiger partial charge < -0.3 is 14.2 Å². The van der Waals surface area contributed by atoms with E-state index in [1.54, 1.807) is 25.6 Å². The number of piperidine rings is 1. The summed E-state index contributed by atoms with van der Waals surface area (Å²) in [6.07, 6.45) is 1.68. The molecule has 26 heavy (non-hydrogen) atoms. The standard InChI is InChI=1S/C19H24N2O4S/c1-23-16-6-4-5-15(17(16)24-2)18-20-14(12-26-18)11-21-9-7-13(8-10-21)19(22)25-3/h4-6,12-13H,7-11H2,1-3H3. The first-order chi connectivity index (χ1) is 12.7. The minimum atomic E-state index is -0.0919. The van der Waals surface area contributed by atoms with Crippen LogP contribution in [0.2, 0.25) is 0 Å². The van der Waals surface area contributed by atoms with Crippen molar-refractivity contribution in [3.05, 3.63) is 29.3 Å². The SMILES string of the molecule is COC(=O)C1CCN(Cc2csc(-c3cccc(OC)c3OC)n2)CC1. The third kappa shape index (κ3) is 3.99. The fourth-order valence-electron chi connectivity index (χ4n) is 3.28. The molecule has 1 aromatic carbocycles. The van der Waals surface area contributed by atoms with Crippen LogP contribution in [0.25, 0.3) is 10.6 Å². The third-order valence-electron chi connectivity index (χ3n) is 4.69. The van der Waals surface area contributed by atoms with E-state index in [4.69, 9.17) is 19.2 Å². The van der Waals surface area contributed by atoms with Gasteiger partial charge in [-0.2, -0.15) is 0 Å². The average Bonchev–Trinajstić information content (AvgIpc) is 3.15. The molecular formula is C19H24N2O4S. The van der Waals surface area contributed by atoms with Crippen LogP contribution in [0.1, 0.15) is 18.5 Å². The maximum Gasteiger partial charge on any atom is 0.308 e. The van der Waals surface area contributed by atoms with Crippen molar-refractivity contribution in [2.24, 2.45) is 5.92 Å². The minimum absolute atomic E-state index is 0.0308. The number of rotatable bonds is 6. The van der Waals surface area contributed by atoms with Crippen LogP contribution in [0.15, 0.2) is 23.6 Å². The van der Waals surface area contributed by atoms with E-state index >= 15 is 0 Å². The van der Waals surface area contributed by atoms with E-state index < -0.39 is 0 Å². The van der Waals surface area contributed by atoms with E-state index in [-0.39, 0.29) is 11.9 Å².